The fraction of sp³-hybridized carbons (Fsp3) is 0.345. The molecule has 5 heteroatoms. The molecule has 1 heterocycles. The predicted molar refractivity (Wildman–Crippen MR) is 140 cm³/mol. The second-order valence-electron chi connectivity index (χ2n) is 9.06. The molecule has 3 N–H and O–H groups in total. The number of anilines is 1. The summed E-state index contributed by atoms with van der Waals surface area (Å²) in [6, 6.07) is 29.3. The second-order valence-corrected chi connectivity index (χ2v) is 9.06. The number of carbonyl (C=O) groups is 1. The molecule has 4 rings (SSSR count). The summed E-state index contributed by atoms with van der Waals surface area (Å²) in [5, 5.41) is 3.18. The van der Waals surface area contributed by atoms with Crippen molar-refractivity contribution in [3.63, 3.8) is 0 Å². The largest absolute Gasteiger partial charge is 0.398 e. The quantitative estimate of drug-likeness (QED) is 0.463. The van der Waals surface area contributed by atoms with Gasteiger partial charge in [-0.3, -0.25) is 9.69 Å². The van der Waals surface area contributed by atoms with Gasteiger partial charge in [0.15, 0.2) is 0 Å². The number of carbonyl (C=O) groups excluding carboxylic acids is 1. The maximum absolute atomic E-state index is 12.7. The number of amides is 1. The number of hydrogen-bond donors (Lipinski definition) is 2. The van der Waals surface area contributed by atoms with Gasteiger partial charge in [-0.05, 0) is 36.1 Å². The summed E-state index contributed by atoms with van der Waals surface area (Å²) >= 11 is 0. The van der Waals surface area contributed by atoms with Gasteiger partial charge >= 0.3 is 0 Å². The van der Waals surface area contributed by atoms with Crippen LogP contribution in [0.15, 0.2) is 84.9 Å². The first-order valence-corrected chi connectivity index (χ1v) is 12.4. The fourth-order valence-corrected chi connectivity index (χ4v) is 4.81. The monoisotopic (exact) mass is 456 g/mol. The number of nitrogens with two attached hydrogens (primary N) is 1. The third-order valence-electron chi connectivity index (χ3n) is 6.83. The van der Waals surface area contributed by atoms with Gasteiger partial charge in [-0.2, -0.15) is 0 Å². The molecule has 1 aliphatic rings. The Kier molecular flexibility index (Phi) is 8.34. The van der Waals surface area contributed by atoms with Gasteiger partial charge in [0.25, 0.3) is 5.91 Å². The van der Waals surface area contributed by atoms with Crippen LogP contribution in [0.5, 0.6) is 0 Å². The molecule has 178 valence electrons. The molecule has 1 unspecified atom stereocenters. The van der Waals surface area contributed by atoms with Gasteiger partial charge in [0, 0.05) is 44.5 Å². The molecule has 34 heavy (non-hydrogen) atoms. The van der Waals surface area contributed by atoms with E-state index in [1.807, 2.05) is 12.1 Å². The van der Waals surface area contributed by atoms with Gasteiger partial charge in [0.05, 0.1) is 11.6 Å². The Balaban J connectivity index is 1.32. The van der Waals surface area contributed by atoms with Crippen molar-refractivity contribution in [2.45, 2.75) is 31.8 Å². The molecular formula is C29H36N4O. The lowest BCUT2D eigenvalue weighted by Gasteiger charge is -2.40. The Hall–Kier alpha value is -3.15. The summed E-state index contributed by atoms with van der Waals surface area (Å²) < 4.78 is 0. The zero-order valence-electron chi connectivity index (χ0n) is 20.1. The Labute approximate surface area is 203 Å². The molecule has 5 nitrogen and oxygen atoms in total. The van der Waals surface area contributed by atoms with Gasteiger partial charge in [-0.25, -0.2) is 0 Å². The highest BCUT2D eigenvalue weighted by molar-refractivity contribution is 5.99. The van der Waals surface area contributed by atoms with E-state index >= 15 is 0 Å². The molecule has 0 aliphatic carbocycles. The molecule has 1 fully saturated rings. The number of rotatable bonds is 9. The van der Waals surface area contributed by atoms with Crippen LogP contribution in [0, 0.1) is 0 Å². The van der Waals surface area contributed by atoms with Crippen LogP contribution in [0.2, 0.25) is 0 Å². The summed E-state index contributed by atoms with van der Waals surface area (Å²) in [7, 11) is 0. The highest BCUT2D eigenvalue weighted by Crippen LogP contribution is 2.29. The van der Waals surface area contributed by atoms with Crippen molar-refractivity contribution in [1.82, 2.24) is 15.1 Å². The van der Waals surface area contributed by atoms with Crippen molar-refractivity contribution < 1.29 is 4.79 Å². The molecule has 3 aromatic carbocycles. The first kappa shape index (κ1) is 24.0. The summed E-state index contributed by atoms with van der Waals surface area (Å²) in [6.07, 6.45) is 1.85. The van der Waals surface area contributed by atoms with E-state index in [0.29, 0.717) is 11.3 Å². The average Bonchev–Trinajstić information content (AvgIpc) is 2.89. The van der Waals surface area contributed by atoms with Crippen LogP contribution in [0.3, 0.4) is 0 Å². The van der Waals surface area contributed by atoms with E-state index in [1.54, 1.807) is 12.1 Å². The van der Waals surface area contributed by atoms with E-state index in [0.717, 1.165) is 45.6 Å². The van der Waals surface area contributed by atoms with E-state index < -0.39 is 0 Å². The van der Waals surface area contributed by atoms with Crippen LogP contribution in [-0.4, -0.2) is 54.5 Å². The van der Waals surface area contributed by atoms with Crippen LogP contribution in [0.1, 0.15) is 47.3 Å². The number of para-hydroxylation sites is 1. The average molecular weight is 457 g/mol. The molecule has 0 spiro atoms. The first-order valence-electron chi connectivity index (χ1n) is 12.4. The van der Waals surface area contributed by atoms with E-state index in [2.05, 4.69) is 82.7 Å². The SMILES string of the molecule is CCC(CCN1CCN(C(c2ccccc2)c2ccccc2)CC1)NC(=O)c1ccccc1N. The van der Waals surface area contributed by atoms with Gasteiger partial charge < -0.3 is 16.0 Å². The Morgan fingerprint density at radius 3 is 1.97 bits per heavy atom. The van der Waals surface area contributed by atoms with Crippen LogP contribution in [0.4, 0.5) is 5.69 Å². The van der Waals surface area contributed by atoms with Crippen LogP contribution in [-0.2, 0) is 0 Å². The molecule has 1 saturated heterocycles. The number of nitrogens with one attached hydrogen (secondary N) is 1. The number of piperazine rings is 1. The van der Waals surface area contributed by atoms with Crippen LogP contribution < -0.4 is 11.1 Å². The van der Waals surface area contributed by atoms with Crippen molar-refractivity contribution in [2.24, 2.45) is 0 Å². The smallest absolute Gasteiger partial charge is 0.253 e. The first-order chi connectivity index (χ1) is 16.7. The van der Waals surface area contributed by atoms with Crippen LogP contribution in [0.25, 0.3) is 0 Å². The fourth-order valence-electron chi connectivity index (χ4n) is 4.81. The minimum atomic E-state index is -0.0802. The van der Waals surface area contributed by atoms with E-state index in [9.17, 15) is 4.79 Å². The molecule has 1 atom stereocenters. The van der Waals surface area contributed by atoms with Crippen molar-refractivity contribution in [3.8, 4) is 0 Å². The molecule has 0 saturated carbocycles. The third kappa shape index (κ3) is 6.04. The highest BCUT2D eigenvalue weighted by Gasteiger charge is 2.26. The molecular weight excluding hydrogens is 420 g/mol. The Morgan fingerprint density at radius 1 is 0.853 bits per heavy atom. The Morgan fingerprint density at radius 2 is 1.41 bits per heavy atom. The van der Waals surface area contributed by atoms with Gasteiger partial charge in [0.2, 0.25) is 0 Å². The predicted octanol–water partition coefficient (Wildman–Crippen LogP) is 4.57. The van der Waals surface area contributed by atoms with Crippen molar-refractivity contribution >= 4 is 11.6 Å². The maximum atomic E-state index is 12.7. The lowest BCUT2D eigenvalue weighted by atomic mass is 9.96. The summed E-state index contributed by atoms with van der Waals surface area (Å²) in [5.74, 6) is -0.0802. The topological polar surface area (TPSA) is 61.6 Å². The number of nitrogens with zero attached hydrogens (tertiary/aromatic N) is 2. The van der Waals surface area contributed by atoms with Crippen molar-refractivity contribution in [3.05, 3.63) is 102 Å². The second kappa shape index (κ2) is 11.8. The highest BCUT2D eigenvalue weighted by atomic mass is 16.1. The zero-order valence-corrected chi connectivity index (χ0v) is 20.1. The number of benzene rings is 3. The molecule has 0 radical (unpaired) electrons. The lowest BCUT2D eigenvalue weighted by Crippen LogP contribution is -2.49. The standard InChI is InChI=1S/C29H36N4O/c1-2-25(31-29(34)26-15-9-10-16-27(26)30)17-18-32-19-21-33(22-20-32)28(23-11-5-3-6-12-23)24-13-7-4-8-14-24/h3-16,25,28H,2,17-22,30H2,1H3,(H,31,34). The molecule has 0 bridgehead atoms. The number of nitrogen functional groups attached to an aromatic ring is 1. The third-order valence-corrected chi connectivity index (χ3v) is 6.83. The summed E-state index contributed by atoms with van der Waals surface area (Å²) in [6.45, 7) is 7.23. The van der Waals surface area contributed by atoms with Crippen molar-refractivity contribution in [2.75, 3.05) is 38.5 Å². The van der Waals surface area contributed by atoms with E-state index in [1.165, 1.54) is 11.1 Å². The summed E-state index contributed by atoms with van der Waals surface area (Å²) in [4.78, 5) is 17.8. The minimum Gasteiger partial charge on any atom is -0.398 e. The molecule has 3 aromatic rings. The maximum Gasteiger partial charge on any atom is 0.253 e. The Bertz CT molecular complexity index is 993. The summed E-state index contributed by atoms with van der Waals surface area (Å²) in [5.41, 5.74) is 9.75. The minimum absolute atomic E-state index is 0.0802. The number of hydrogen-bond acceptors (Lipinski definition) is 4. The molecule has 1 amide bonds. The van der Waals surface area contributed by atoms with Gasteiger partial charge in [-0.1, -0.05) is 79.7 Å². The van der Waals surface area contributed by atoms with Gasteiger partial charge in [-0.15, -0.1) is 0 Å². The molecule has 1 aliphatic heterocycles. The molecule has 0 aromatic heterocycles. The normalized spacial score (nSPS) is 15.8. The lowest BCUT2D eigenvalue weighted by molar-refractivity contribution is 0.0911. The van der Waals surface area contributed by atoms with Crippen molar-refractivity contribution in [1.29, 1.82) is 0 Å². The zero-order chi connectivity index (χ0) is 23.8. The van der Waals surface area contributed by atoms with Crippen LogP contribution >= 0.6 is 0 Å². The van der Waals surface area contributed by atoms with E-state index in [-0.39, 0.29) is 18.0 Å². The van der Waals surface area contributed by atoms with Gasteiger partial charge in [0.1, 0.15) is 0 Å². The van der Waals surface area contributed by atoms with E-state index in [4.69, 9.17) is 5.73 Å².